The lowest BCUT2D eigenvalue weighted by molar-refractivity contribution is 0.486. The van der Waals surface area contributed by atoms with Crippen LogP contribution in [0.25, 0.3) is 11.0 Å². The van der Waals surface area contributed by atoms with Gasteiger partial charge in [0.2, 0.25) is 0 Å². The maximum atomic E-state index is 12.4. The lowest BCUT2D eigenvalue weighted by Crippen LogP contribution is -2.09. The van der Waals surface area contributed by atoms with Gasteiger partial charge in [-0.3, -0.25) is 0 Å². The number of hydrogen-bond acceptors (Lipinski definition) is 5. The average Bonchev–Trinajstić information content (AvgIpc) is 2.99. The van der Waals surface area contributed by atoms with Crippen LogP contribution in [-0.4, -0.2) is 8.42 Å². The number of furan rings is 1. The second kappa shape index (κ2) is 5.94. The Hall–Kier alpha value is -2.78. The number of hydrogen-bond donors (Lipinski definition) is 0. The van der Waals surface area contributed by atoms with Crippen LogP contribution < -0.4 is 4.18 Å². The van der Waals surface area contributed by atoms with Crippen molar-refractivity contribution in [2.24, 2.45) is 0 Å². The number of nitriles is 1. The molecule has 1 aliphatic carbocycles. The molecule has 3 aromatic rings. The monoisotopic (exact) mass is 353 g/mol. The summed E-state index contributed by atoms with van der Waals surface area (Å²) in [5.74, 6) is 1.25. The van der Waals surface area contributed by atoms with E-state index < -0.39 is 10.1 Å². The second-order valence-corrected chi connectivity index (χ2v) is 7.59. The Labute approximate surface area is 145 Å². The molecule has 6 heteroatoms. The molecule has 0 spiro atoms. The van der Waals surface area contributed by atoms with Crippen molar-refractivity contribution in [1.82, 2.24) is 0 Å². The Morgan fingerprint density at radius 2 is 1.80 bits per heavy atom. The third kappa shape index (κ3) is 2.87. The molecule has 4 rings (SSSR count). The van der Waals surface area contributed by atoms with Gasteiger partial charge >= 0.3 is 10.1 Å². The van der Waals surface area contributed by atoms with Crippen molar-refractivity contribution in [3.05, 3.63) is 59.4 Å². The maximum Gasteiger partial charge on any atom is 0.339 e. The molecule has 0 unspecified atom stereocenters. The van der Waals surface area contributed by atoms with Crippen LogP contribution in [0.4, 0.5) is 0 Å². The lowest BCUT2D eigenvalue weighted by atomic mass is 9.96. The number of aryl methyl sites for hydroxylation is 2. The minimum Gasteiger partial charge on any atom is -0.461 e. The highest BCUT2D eigenvalue weighted by molar-refractivity contribution is 7.87. The van der Waals surface area contributed by atoms with Crippen LogP contribution >= 0.6 is 0 Å². The van der Waals surface area contributed by atoms with Crippen molar-refractivity contribution < 1.29 is 17.0 Å². The van der Waals surface area contributed by atoms with Crippen LogP contribution in [0.5, 0.6) is 5.75 Å². The molecular formula is C19H15NO4S. The van der Waals surface area contributed by atoms with Crippen LogP contribution in [0.2, 0.25) is 0 Å². The summed E-state index contributed by atoms with van der Waals surface area (Å²) in [7, 11) is -3.95. The van der Waals surface area contributed by atoms with E-state index in [9.17, 15) is 8.42 Å². The SMILES string of the molecule is N#Cc1ccc(S(=O)(=O)Oc2ccc3oc4c(c3c2)CCCC4)cc1. The van der Waals surface area contributed by atoms with Gasteiger partial charge in [0.1, 0.15) is 22.0 Å². The summed E-state index contributed by atoms with van der Waals surface area (Å²) in [6.07, 6.45) is 4.08. The minimum atomic E-state index is -3.95. The van der Waals surface area contributed by atoms with E-state index in [2.05, 4.69) is 0 Å². The van der Waals surface area contributed by atoms with Crippen LogP contribution in [0.15, 0.2) is 51.8 Å². The zero-order valence-corrected chi connectivity index (χ0v) is 14.2. The average molecular weight is 353 g/mol. The van der Waals surface area contributed by atoms with E-state index in [4.69, 9.17) is 13.9 Å². The van der Waals surface area contributed by atoms with Crippen molar-refractivity contribution in [3.8, 4) is 11.8 Å². The first-order valence-electron chi connectivity index (χ1n) is 8.06. The number of rotatable bonds is 3. The smallest absolute Gasteiger partial charge is 0.339 e. The number of benzene rings is 2. The van der Waals surface area contributed by atoms with Gasteiger partial charge in [0.25, 0.3) is 0 Å². The molecule has 1 aromatic heterocycles. The molecule has 1 heterocycles. The fourth-order valence-corrected chi connectivity index (χ4v) is 4.09. The molecule has 1 aliphatic rings. The van der Waals surface area contributed by atoms with Crippen LogP contribution in [0.3, 0.4) is 0 Å². The van der Waals surface area contributed by atoms with Crippen molar-refractivity contribution in [2.45, 2.75) is 30.6 Å². The van der Waals surface area contributed by atoms with Gasteiger partial charge < -0.3 is 8.60 Å². The van der Waals surface area contributed by atoms with Gasteiger partial charge in [-0.25, -0.2) is 0 Å². The first-order chi connectivity index (χ1) is 12.1. The summed E-state index contributed by atoms with van der Waals surface area (Å²) in [6, 6.07) is 12.7. The first kappa shape index (κ1) is 15.7. The van der Waals surface area contributed by atoms with Crippen molar-refractivity contribution in [1.29, 1.82) is 5.26 Å². The highest BCUT2D eigenvalue weighted by atomic mass is 32.2. The number of fused-ring (bicyclic) bond motifs is 3. The molecule has 5 nitrogen and oxygen atoms in total. The van der Waals surface area contributed by atoms with Gasteiger partial charge in [-0.15, -0.1) is 0 Å². The molecular weight excluding hydrogens is 338 g/mol. The van der Waals surface area contributed by atoms with Crippen LogP contribution in [-0.2, 0) is 23.0 Å². The molecule has 0 saturated carbocycles. The van der Waals surface area contributed by atoms with Gasteiger partial charge in [-0.05, 0) is 61.7 Å². The molecule has 126 valence electrons. The third-order valence-electron chi connectivity index (χ3n) is 4.40. The summed E-state index contributed by atoms with van der Waals surface area (Å²) in [6.45, 7) is 0. The second-order valence-electron chi connectivity index (χ2n) is 6.04. The Morgan fingerprint density at radius 1 is 1.04 bits per heavy atom. The third-order valence-corrected chi connectivity index (χ3v) is 5.67. The van der Waals surface area contributed by atoms with E-state index in [1.807, 2.05) is 6.07 Å². The van der Waals surface area contributed by atoms with E-state index in [1.165, 1.54) is 24.3 Å². The minimum absolute atomic E-state index is 0.0146. The highest BCUT2D eigenvalue weighted by Crippen LogP contribution is 2.34. The first-order valence-corrected chi connectivity index (χ1v) is 9.46. The molecule has 25 heavy (non-hydrogen) atoms. The summed E-state index contributed by atoms with van der Waals surface area (Å²) in [4.78, 5) is 0.0146. The lowest BCUT2D eigenvalue weighted by Gasteiger charge is -2.09. The molecule has 0 aliphatic heterocycles. The summed E-state index contributed by atoms with van der Waals surface area (Å²) >= 11 is 0. The topological polar surface area (TPSA) is 80.3 Å². The van der Waals surface area contributed by atoms with Gasteiger partial charge in [0, 0.05) is 17.4 Å². The van der Waals surface area contributed by atoms with Crippen LogP contribution in [0.1, 0.15) is 29.7 Å². The van der Waals surface area contributed by atoms with Crippen LogP contribution in [0, 0.1) is 11.3 Å². The van der Waals surface area contributed by atoms with E-state index in [0.29, 0.717) is 5.56 Å². The fraction of sp³-hybridized carbons (Fsp3) is 0.211. The standard InChI is InChI=1S/C19H15NO4S/c20-12-13-5-8-15(9-6-13)25(21,22)24-14-7-10-19-17(11-14)16-3-1-2-4-18(16)23-19/h5-11H,1-4H2. The highest BCUT2D eigenvalue weighted by Gasteiger charge is 2.20. The molecule has 0 amide bonds. The molecule has 0 N–H and O–H groups in total. The number of nitrogens with zero attached hydrogens (tertiary/aromatic N) is 1. The molecule has 0 bridgehead atoms. The zero-order valence-electron chi connectivity index (χ0n) is 13.4. The predicted octanol–water partition coefficient (Wildman–Crippen LogP) is 3.95. The molecule has 0 radical (unpaired) electrons. The molecule has 0 fully saturated rings. The summed E-state index contributed by atoms with van der Waals surface area (Å²) in [5, 5.41) is 9.72. The Balaban J connectivity index is 1.68. The molecule has 0 atom stereocenters. The van der Waals surface area contributed by atoms with Crippen molar-refractivity contribution >= 4 is 21.1 Å². The van der Waals surface area contributed by atoms with E-state index in [-0.39, 0.29) is 10.6 Å². The van der Waals surface area contributed by atoms with Gasteiger partial charge in [-0.1, -0.05) is 0 Å². The zero-order chi connectivity index (χ0) is 17.4. The summed E-state index contributed by atoms with van der Waals surface area (Å²) in [5.41, 5.74) is 2.31. The van der Waals surface area contributed by atoms with Gasteiger partial charge in [0.05, 0.1) is 11.6 Å². The predicted molar refractivity (Wildman–Crippen MR) is 91.8 cm³/mol. The Bertz CT molecular complexity index is 1090. The Kier molecular flexibility index (Phi) is 3.74. The Morgan fingerprint density at radius 3 is 2.56 bits per heavy atom. The molecule has 0 saturated heterocycles. The van der Waals surface area contributed by atoms with Crippen molar-refractivity contribution in [3.63, 3.8) is 0 Å². The van der Waals surface area contributed by atoms with Gasteiger partial charge in [0.15, 0.2) is 0 Å². The fourth-order valence-electron chi connectivity index (χ4n) is 3.16. The van der Waals surface area contributed by atoms with E-state index in [0.717, 1.165) is 48.0 Å². The summed E-state index contributed by atoms with van der Waals surface area (Å²) < 4.78 is 36.0. The van der Waals surface area contributed by atoms with E-state index in [1.54, 1.807) is 18.2 Å². The quantitative estimate of drug-likeness (QED) is 0.666. The molecule has 2 aromatic carbocycles. The van der Waals surface area contributed by atoms with E-state index >= 15 is 0 Å². The van der Waals surface area contributed by atoms with Gasteiger partial charge in [-0.2, -0.15) is 13.7 Å². The largest absolute Gasteiger partial charge is 0.461 e. The maximum absolute atomic E-state index is 12.4. The normalized spacial score (nSPS) is 14.0. The van der Waals surface area contributed by atoms with Crippen molar-refractivity contribution in [2.75, 3.05) is 0 Å².